The Bertz CT molecular complexity index is 1230. The number of ether oxygens (including phenoxy) is 2. The van der Waals surface area contributed by atoms with Gasteiger partial charge in [0.25, 0.3) is 0 Å². The monoisotopic (exact) mass is 390 g/mol. The number of methoxy groups -OCH3 is 2. The largest absolute Gasteiger partial charge is 0.497 e. The lowest BCUT2D eigenvalue weighted by atomic mass is 9.85. The van der Waals surface area contributed by atoms with E-state index >= 15 is 0 Å². The number of hydrogen-bond donors (Lipinski definition) is 0. The summed E-state index contributed by atoms with van der Waals surface area (Å²) in [6, 6.07) is 34.0. The second-order valence-electron chi connectivity index (χ2n) is 7.30. The van der Waals surface area contributed by atoms with Gasteiger partial charge in [0.15, 0.2) is 0 Å². The Morgan fingerprint density at radius 1 is 0.400 bits per heavy atom. The summed E-state index contributed by atoms with van der Waals surface area (Å²) in [5, 5.41) is 5.01. The smallest absolute Gasteiger partial charge is 0.118 e. The van der Waals surface area contributed by atoms with Crippen LogP contribution in [-0.4, -0.2) is 14.2 Å². The average Bonchev–Trinajstić information content (AvgIpc) is 2.83. The van der Waals surface area contributed by atoms with Crippen LogP contribution in [0.5, 0.6) is 11.5 Å². The molecule has 0 fully saturated rings. The van der Waals surface area contributed by atoms with Crippen LogP contribution in [0.15, 0.2) is 97.1 Å². The molecule has 0 saturated heterocycles. The van der Waals surface area contributed by atoms with Gasteiger partial charge in [-0.1, -0.05) is 72.8 Å². The third-order valence-electron chi connectivity index (χ3n) is 5.69. The van der Waals surface area contributed by atoms with Crippen molar-refractivity contribution in [3.63, 3.8) is 0 Å². The molecule has 0 N–H and O–H groups in total. The molecule has 146 valence electrons. The van der Waals surface area contributed by atoms with Gasteiger partial charge in [0.05, 0.1) is 14.2 Å². The van der Waals surface area contributed by atoms with E-state index in [1.54, 1.807) is 14.2 Å². The number of benzene rings is 5. The molecule has 0 aliphatic carbocycles. The van der Waals surface area contributed by atoms with Crippen molar-refractivity contribution in [3.05, 3.63) is 97.1 Å². The van der Waals surface area contributed by atoms with Crippen LogP contribution in [0.4, 0.5) is 0 Å². The first-order chi connectivity index (χ1) is 14.8. The minimum absolute atomic E-state index is 0.856. The molecule has 0 atom stereocenters. The minimum Gasteiger partial charge on any atom is -0.497 e. The van der Waals surface area contributed by atoms with E-state index in [-0.39, 0.29) is 0 Å². The van der Waals surface area contributed by atoms with Gasteiger partial charge in [-0.05, 0) is 68.1 Å². The Balaban J connectivity index is 1.93. The highest BCUT2D eigenvalue weighted by molar-refractivity contribution is 6.21. The molecule has 5 aromatic rings. The van der Waals surface area contributed by atoms with E-state index < -0.39 is 0 Å². The molecule has 2 heteroatoms. The highest BCUT2D eigenvalue weighted by Gasteiger charge is 2.17. The number of fused-ring (bicyclic) bond motifs is 3. The summed E-state index contributed by atoms with van der Waals surface area (Å²) in [6.45, 7) is 0. The molecule has 0 heterocycles. The lowest BCUT2D eigenvalue weighted by Gasteiger charge is -2.19. The highest BCUT2D eigenvalue weighted by atomic mass is 16.5. The molecular weight excluding hydrogens is 368 g/mol. The molecule has 0 bridgehead atoms. The summed E-state index contributed by atoms with van der Waals surface area (Å²) >= 11 is 0. The normalized spacial score (nSPS) is 11.0. The van der Waals surface area contributed by atoms with Crippen molar-refractivity contribution < 1.29 is 9.47 Å². The summed E-state index contributed by atoms with van der Waals surface area (Å²) in [4.78, 5) is 0. The van der Waals surface area contributed by atoms with Gasteiger partial charge in [-0.25, -0.2) is 0 Å². The van der Waals surface area contributed by atoms with Crippen molar-refractivity contribution in [2.45, 2.75) is 0 Å². The van der Waals surface area contributed by atoms with Gasteiger partial charge in [-0.15, -0.1) is 0 Å². The van der Waals surface area contributed by atoms with Gasteiger partial charge in [0.1, 0.15) is 11.5 Å². The van der Waals surface area contributed by atoms with Crippen LogP contribution < -0.4 is 9.47 Å². The first-order valence-corrected chi connectivity index (χ1v) is 10.0. The van der Waals surface area contributed by atoms with Crippen LogP contribution in [0.2, 0.25) is 0 Å². The quantitative estimate of drug-likeness (QED) is 0.299. The lowest BCUT2D eigenvalue weighted by Crippen LogP contribution is -1.92. The third kappa shape index (κ3) is 2.98. The molecule has 5 rings (SSSR count). The molecule has 2 nitrogen and oxygen atoms in total. The number of rotatable bonds is 4. The maximum Gasteiger partial charge on any atom is 0.118 e. The average molecular weight is 390 g/mol. The second kappa shape index (κ2) is 7.57. The first kappa shape index (κ1) is 18.3. The van der Waals surface area contributed by atoms with Crippen molar-refractivity contribution in [2.24, 2.45) is 0 Å². The molecule has 0 aromatic heterocycles. The van der Waals surface area contributed by atoms with E-state index in [0.717, 1.165) is 11.5 Å². The topological polar surface area (TPSA) is 18.5 Å². The van der Waals surface area contributed by atoms with E-state index in [1.807, 2.05) is 24.3 Å². The fourth-order valence-corrected chi connectivity index (χ4v) is 4.26. The summed E-state index contributed by atoms with van der Waals surface area (Å²) in [7, 11) is 3.40. The standard InChI is InChI=1S/C28H22O2/c1-29-21-15-11-19(12-16-21)27-25-9-5-3-7-23(25)24-8-4-6-10-26(24)28(27)20-13-17-22(30-2)18-14-20/h3-18H,1-2H3. The van der Waals surface area contributed by atoms with Gasteiger partial charge in [0, 0.05) is 0 Å². The zero-order valence-electron chi connectivity index (χ0n) is 17.1. The van der Waals surface area contributed by atoms with Crippen LogP contribution in [0, 0.1) is 0 Å². The van der Waals surface area contributed by atoms with Gasteiger partial charge >= 0.3 is 0 Å². The van der Waals surface area contributed by atoms with Crippen molar-refractivity contribution in [1.82, 2.24) is 0 Å². The Kier molecular flexibility index (Phi) is 4.61. The predicted octanol–water partition coefficient (Wildman–Crippen LogP) is 7.34. The Morgan fingerprint density at radius 3 is 1.07 bits per heavy atom. The van der Waals surface area contributed by atoms with Crippen LogP contribution in [-0.2, 0) is 0 Å². The molecule has 0 radical (unpaired) electrons. The van der Waals surface area contributed by atoms with E-state index in [1.165, 1.54) is 43.8 Å². The van der Waals surface area contributed by atoms with Gasteiger partial charge < -0.3 is 9.47 Å². The van der Waals surface area contributed by atoms with E-state index in [2.05, 4.69) is 72.8 Å². The van der Waals surface area contributed by atoms with E-state index in [9.17, 15) is 0 Å². The maximum atomic E-state index is 5.39. The minimum atomic E-state index is 0.856. The van der Waals surface area contributed by atoms with Crippen LogP contribution in [0.1, 0.15) is 0 Å². The Labute approximate surface area is 176 Å². The summed E-state index contributed by atoms with van der Waals surface area (Å²) < 4.78 is 10.8. The summed E-state index contributed by atoms with van der Waals surface area (Å²) in [6.07, 6.45) is 0. The van der Waals surface area contributed by atoms with Gasteiger partial charge in [0.2, 0.25) is 0 Å². The molecule has 0 spiro atoms. The van der Waals surface area contributed by atoms with Crippen LogP contribution >= 0.6 is 0 Å². The predicted molar refractivity (Wildman–Crippen MR) is 125 cm³/mol. The summed E-state index contributed by atoms with van der Waals surface area (Å²) in [5.74, 6) is 1.71. The molecular formula is C28H22O2. The fourth-order valence-electron chi connectivity index (χ4n) is 4.26. The molecule has 5 aromatic carbocycles. The van der Waals surface area contributed by atoms with Gasteiger partial charge in [-0.2, -0.15) is 0 Å². The third-order valence-corrected chi connectivity index (χ3v) is 5.69. The fraction of sp³-hybridized carbons (Fsp3) is 0.0714. The van der Waals surface area contributed by atoms with Crippen molar-refractivity contribution in [1.29, 1.82) is 0 Å². The molecule has 0 saturated carbocycles. The first-order valence-electron chi connectivity index (χ1n) is 10.0. The van der Waals surface area contributed by atoms with Gasteiger partial charge in [-0.3, -0.25) is 0 Å². The van der Waals surface area contributed by atoms with E-state index in [0.29, 0.717) is 0 Å². The van der Waals surface area contributed by atoms with Crippen molar-refractivity contribution in [2.75, 3.05) is 14.2 Å². The Morgan fingerprint density at radius 2 is 0.733 bits per heavy atom. The molecule has 0 aliphatic heterocycles. The maximum absolute atomic E-state index is 5.39. The summed E-state index contributed by atoms with van der Waals surface area (Å²) in [5.41, 5.74) is 4.81. The van der Waals surface area contributed by atoms with Crippen molar-refractivity contribution >= 4 is 21.5 Å². The zero-order chi connectivity index (χ0) is 20.5. The molecule has 30 heavy (non-hydrogen) atoms. The van der Waals surface area contributed by atoms with Crippen molar-refractivity contribution in [3.8, 4) is 33.8 Å². The molecule has 0 amide bonds. The van der Waals surface area contributed by atoms with E-state index in [4.69, 9.17) is 9.47 Å². The lowest BCUT2D eigenvalue weighted by molar-refractivity contribution is 0.414. The van der Waals surface area contributed by atoms with Crippen LogP contribution in [0.3, 0.4) is 0 Å². The molecule has 0 aliphatic rings. The van der Waals surface area contributed by atoms with Crippen LogP contribution in [0.25, 0.3) is 43.8 Å². The Hall–Kier alpha value is -3.78. The zero-order valence-corrected chi connectivity index (χ0v) is 17.1. The number of hydrogen-bond acceptors (Lipinski definition) is 2. The second-order valence-corrected chi connectivity index (χ2v) is 7.30. The SMILES string of the molecule is COc1ccc(-c2c(-c3ccc(OC)cc3)c3ccccc3c3ccccc23)cc1. The highest BCUT2D eigenvalue weighted by Crippen LogP contribution is 2.44. The molecule has 0 unspecified atom stereocenters.